The number of nitrogens with one attached hydrogen (secondary N) is 1. The molecule has 5 heteroatoms. The van der Waals surface area contributed by atoms with Crippen LogP contribution in [0.25, 0.3) is 33.1 Å². The van der Waals surface area contributed by atoms with Gasteiger partial charge in [0, 0.05) is 28.6 Å². The van der Waals surface area contributed by atoms with Crippen LogP contribution < -0.4 is 5.73 Å². The van der Waals surface area contributed by atoms with Gasteiger partial charge in [-0.3, -0.25) is 4.98 Å². The molecule has 0 aliphatic rings. The van der Waals surface area contributed by atoms with Gasteiger partial charge >= 0.3 is 0 Å². The number of hydrogen-bond acceptors (Lipinski definition) is 2. The van der Waals surface area contributed by atoms with Gasteiger partial charge in [0.25, 0.3) is 0 Å². The lowest BCUT2D eigenvalue weighted by Crippen LogP contribution is -1.99. The summed E-state index contributed by atoms with van der Waals surface area (Å²) in [7, 11) is 0. The Kier molecular flexibility index (Phi) is 4.39. The first-order valence-corrected chi connectivity index (χ1v) is 8.73. The second kappa shape index (κ2) is 6.84. The molecule has 0 bridgehead atoms. The predicted molar refractivity (Wildman–Crippen MR) is 101 cm³/mol. The van der Waals surface area contributed by atoms with E-state index in [2.05, 4.69) is 9.97 Å². The Morgan fingerprint density at radius 2 is 1.88 bits per heavy atom. The standard InChI is InChI=1S/C21H19F2N3/c22-14-11-17-15(7-1-2-9-24)20(26-21(17)18(23)12-14)16-8-3-5-13-6-4-10-25-19(13)16/h3-6,8,10-12,26H,1-2,7,9,24H2. The Bertz CT molecular complexity index is 1080. The first kappa shape index (κ1) is 16.7. The van der Waals surface area contributed by atoms with Crippen molar-refractivity contribution in [2.24, 2.45) is 5.73 Å². The van der Waals surface area contributed by atoms with Crippen LogP contribution in [-0.4, -0.2) is 16.5 Å². The van der Waals surface area contributed by atoms with E-state index in [1.54, 1.807) is 6.20 Å². The number of nitrogens with zero attached hydrogens (tertiary/aromatic N) is 1. The van der Waals surface area contributed by atoms with Gasteiger partial charge in [0.15, 0.2) is 0 Å². The molecule has 0 saturated carbocycles. The molecular weight excluding hydrogens is 332 g/mol. The highest BCUT2D eigenvalue weighted by molar-refractivity contribution is 5.98. The quantitative estimate of drug-likeness (QED) is 0.500. The van der Waals surface area contributed by atoms with Crippen molar-refractivity contribution in [2.45, 2.75) is 19.3 Å². The highest BCUT2D eigenvalue weighted by atomic mass is 19.1. The molecule has 132 valence electrons. The summed E-state index contributed by atoms with van der Waals surface area (Å²) in [6.07, 6.45) is 4.14. The molecule has 26 heavy (non-hydrogen) atoms. The van der Waals surface area contributed by atoms with Gasteiger partial charge in [-0.2, -0.15) is 0 Å². The molecule has 0 aliphatic heterocycles. The van der Waals surface area contributed by atoms with Crippen LogP contribution >= 0.6 is 0 Å². The monoisotopic (exact) mass is 351 g/mol. The molecule has 0 unspecified atom stereocenters. The fourth-order valence-electron chi connectivity index (χ4n) is 3.52. The van der Waals surface area contributed by atoms with Crippen molar-refractivity contribution in [1.82, 2.24) is 9.97 Å². The molecule has 0 spiro atoms. The van der Waals surface area contributed by atoms with E-state index in [9.17, 15) is 8.78 Å². The lowest BCUT2D eigenvalue weighted by molar-refractivity contribution is 0.591. The van der Waals surface area contributed by atoms with Crippen molar-refractivity contribution in [3.8, 4) is 11.3 Å². The van der Waals surface area contributed by atoms with Crippen LogP contribution in [0.4, 0.5) is 8.78 Å². The Morgan fingerprint density at radius 3 is 2.73 bits per heavy atom. The van der Waals surface area contributed by atoms with Gasteiger partial charge in [-0.25, -0.2) is 8.78 Å². The Morgan fingerprint density at radius 1 is 1.04 bits per heavy atom. The molecule has 0 fully saturated rings. The van der Waals surface area contributed by atoms with Crippen LogP contribution in [-0.2, 0) is 6.42 Å². The highest BCUT2D eigenvalue weighted by Gasteiger charge is 2.18. The average molecular weight is 351 g/mol. The fourth-order valence-corrected chi connectivity index (χ4v) is 3.52. The third kappa shape index (κ3) is 2.84. The smallest absolute Gasteiger partial charge is 0.150 e. The third-order valence-corrected chi connectivity index (χ3v) is 4.71. The van der Waals surface area contributed by atoms with E-state index in [0.29, 0.717) is 23.9 Å². The molecule has 2 aromatic carbocycles. The second-order valence-electron chi connectivity index (χ2n) is 6.42. The Labute approximate surface area is 149 Å². The number of aromatic nitrogens is 2. The van der Waals surface area contributed by atoms with Crippen molar-refractivity contribution in [3.63, 3.8) is 0 Å². The van der Waals surface area contributed by atoms with Crippen LogP contribution in [0.15, 0.2) is 48.7 Å². The van der Waals surface area contributed by atoms with Crippen molar-refractivity contribution in [1.29, 1.82) is 0 Å². The number of nitrogens with two attached hydrogens (primary N) is 1. The zero-order chi connectivity index (χ0) is 18.1. The lowest BCUT2D eigenvalue weighted by atomic mass is 9.98. The number of halogens is 2. The molecule has 0 aliphatic carbocycles. The van der Waals surface area contributed by atoms with Crippen molar-refractivity contribution in [3.05, 3.63) is 65.9 Å². The average Bonchev–Trinajstić information content (AvgIpc) is 3.00. The molecule has 4 rings (SSSR count). The van der Waals surface area contributed by atoms with Crippen LogP contribution in [0.3, 0.4) is 0 Å². The summed E-state index contributed by atoms with van der Waals surface area (Å²) < 4.78 is 28.2. The number of aromatic amines is 1. The van der Waals surface area contributed by atoms with Crippen molar-refractivity contribution >= 4 is 21.8 Å². The van der Waals surface area contributed by atoms with E-state index < -0.39 is 11.6 Å². The molecule has 0 saturated heterocycles. The van der Waals surface area contributed by atoms with E-state index in [1.807, 2.05) is 30.3 Å². The van der Waals surface area contributed by atoms with E-state index in [4.69, 9.17) is 5.73 Å². The number of H-pyrrole nitrogens is 1. The SMILES string of the molecule is NCCCCc1c(-c2cccc3cccnc23)[nH]c2c(F)cc(F)cc12. The van der Waals surface area contributed by atoms with Crippen LogP contribution in [0.2, 0.25) is 0 Å². The number of aryl methyl sites for hydroxylation is 1. The molecule has 2 heterocycles. The van der Waals surface area contributed by atoms with Crippen LogP contribution in [0.1, 0.15) is 18.4 Å². The molecule has 0 radical (unpaired) electrons. The zero-order valence-electron chi connectivity index (χ0n) is 14.2. The molecule has 0 amide bonds. The maximum atomic E-state index is 14.4. The van der Waals surface area contributed by atoms with E-state index in [1.165, 1.54) is 6.07 Å². The minimum atomic E-state index is -0.584. The van der Waals surface area contributed by atoms with Gasteiger partial charge in [0.2, 0.25) is 0 Å². The number of para-hydroxylation sites is 1. The first-order chi connectivity index (χ1) is 12.7. The summed E-state index contributed by atoms with van der Waals surface area (Å²) in [6, 6.07) is 12.1. The largest absolute Gasteiger partial charge is 0.352 e. The molecular formula is C21H19F2N3. The molecule has 4 aromatic rings. The van der Waals surface area contributed by atoms with Gasteiger partial charge in [-0.1, -0.05) is 24.3 Å². The molecule has 0 atom stereocenters. The Balaban J connectivity index is 1.98. The normalized spacial score (nSPS) is 11.5. The maximum Gasteiger partial charge on any atom is 0.150 e. The summed E-state index contributed by atoms with van der Waals surface area (Å²) in [5.41, 5.74) is 9.38. The third-order valence-electron chi connectivity index (χ3n) is 4.71. The van der Waals surface area contributed by atoms with E-state index in [0.717, 1.165) is 46.6 Å². The van der Waals surface area contributed by atoms with Gasteiger partial charge in [-0.05, 0) is 43.5 Å². The van der Waals surface area contributed by atoms with Crippen molar-refractivity contribution in [2.75, 3.05) is 6.54 Å². The fraction of sp³-hybridized carbons (Fsp3) is 0.190. The van der Waals surface area contributed by atoms with Gasteiger partial charge in [0.1, 0.15) is 11.6 Å². The number of unbranched alkanes of at least 4 members (excludes halogenated alkanes) is 1. The zero-order valence-corrected chi connectivity index (χ0v) is 14.2. The molecule has 3 nitrogen and oxygen atoms in total. The Hall–Kier alpha value is -2.79. The number of benzene rings is 2. The summed E-state index contributed by atoms with van der Waals surface area (Å²) in [5, 5.41) is 1.59. The number of rotatable bonds is 5. The van der Waals surface area contributed by atoms with Crippen LogP contribution in [0.5, 0.6) is 0 Å². The maximum absolute atomic E-state index is 14.4. The highest BCUT2D eigenvalue weighted by Crippen LogP contribution is 2.36. The molecule has 3 N–H and O–H groups in total. The van der Waals surface area contributed by atoms with Crippen molar-refractivity contribution < 1.29 is 8.78 Å². The minimum Gasteiger partial charge on any atom is -0.352 e. The van der Waals surface area contributed by atoms with Gasteiger partial charge in [0.05, 0.1) is 16.7 Å². The summed E-state index contributed by atoms with van der Waals surface area (Å²) in [5.74, 6) is -1.16. The van der Waals surface area contributed by atoms with Gasteiger partial charge < -0.3 is 10.7 Å². The lowest BCUT2D eigenvalue weighted by Gasteiger charge is -2.08. The number of hydrogen-bond donors (Lipinski definition) is 2. The first-order valence-electron chi connectivity index (χ1n) is 8.73. The second-order valence-corrected chi connectivity index (χ2v) is 6.42. The predicted octanol–water partition coefficient (Wildman–Crippen LogP) is 4.94. The van der Waals surface area contributed by atoms with Gasteiger partial charge in [-0.15, -0.1) is 0 Å². The van der Waals surface area contributed by atoms with Crippen LogP contribution in [0, 0.1) is 11.6 Å². The minimum absolute atomic E-state index is 0.331. The van der Waals surface area contributed by atoms with E-state index in [-0.39, 0.29) is 0 Å². The number of pyridine rings is 1. The summed E-state index contributed by atoms with van der Waals surface area (Å²) >= 11 is 0. The molecule has 2 aromatic heterocycles. The number of fused-ring (bicyclic) bond motifs is 2. The summed E-state index contributed by atoms with van der Waals surface area (Å²) in [4.78, 5) is 7.68. The summed E-state index contributed by atoms with van der Waals surface area (Å²) in [6.45, 7) is 0.593. The topological polar surface area (TPSA) is 54.7 Å². The van der Waals surface area contributed by atoms with E-state index >= 15 is 0 Å².